The van der Waals surface area contributed by atoms with Crippen molar-refractivity contribution in [1.29, 1.82) is 0 Å². The predicted molar refractivity (Wildman–Crippen MR) is 130 cm³/mol. The van der Waals surface area contributed by atoms with Crippen molar-refractivity contribution in [3.05, 3.63) is 65.5 Å². The second-order valence-corrected chi connectivity index (χ2v) is 10.0. The minimum Gasteiger partial charge on any atom is -0.370 e. The van der Waals surface area contributed by atoms with E-state index >= 15 is 0 Å². The highest BCUT2D eigenvalue weighted by Gasteiger charge is 2.54. The van der Waals surface area contributed by atoms with Gasteiger partial charge in [0.2, 0.25) is 11.8 Å². The molecular formula is C28H35N3O3. The molecule has 0 radical (unpaired) electrons. The molecule has 5 rings (SSSR count). The van der Waals surface area contributed by atoms with Crippen LogP contribution in [0.15, 0.2) is 48.8 Å². The van der Waals surface area contributed by atoms with Gasteiger partial charge < -0.3 is 15.0 Å². The minimum atomic E-state index is -0.225. The summed E-state index contributed by atoms with van der Waals surface area (Å²) in [4.78, 5) is 32.0. The summed E-state index contributed by atoms with van der Waals surface area (Å²) in [6.07, 6.45) is 9.94. The lowest BCUT2D eigenvalue weighted by molar-refractivity contribution is -0.138. The standard InChI is InChI=1S/C28H35N3O3/c1-2-24(32)30-25-22-11-5-6-12-23(22)28(26(25)34-19-20-8-7-15-29-18-20)13-16-31(17-14-28)27(33)21-9-3-4-10-21/h5-8,11-12,15,18,21,25-26H,2-4,9-10,13-14,16-17,19H2,1H3,(H,30,32)/t25-,26+/m0/s1. The summed E-state index contributed by atoms with van der Waals surface area (Å²) in [5, 5.41) is 3.26. The van der Waals surface area contributed by atoms with E-state index in [1.165, 1.54) is 18.4 Å². The number of nitrogens with one attached hydrogen (secondary N) is 1. The Morgan fingerprint density at radius 1 is 1.12 bits per heavy atom. The molecule has 1 saturated heterocycles. The van der Waals surface area contributed by atoms with Crippen LogP contribution in [0.4, 0.5) is 0 Å². The average Bonchev–Trinajstić information content (AvgIpc) is 3.50. The summed E-state index contributed by atoms with van der Waals surface area (Å²) in [5.41, 5.74) is 3.20. The predicted octanol–water partition coefficient (Wildman–Crippen LogP) is 4.30. The molecule has 1 aliphatic heterocycles. The Morgan fingerprint density at radius 2 is 1.88 bits per heavy atom. The fourth-order valence-corrected chi connectivity index (χ4v) is 6.32. The third kappa shape index (κ3) is 4.24. The number of fused-ring (bicyclic) bond motifs is 2. The lowest BCUT2D eigenvalue weighted by atomic mass is 9.71. The summed E-state index contributed by atoms with van der Waals surface area (Å²) in [6.45, 7) is 3.80. The van der Waals surface area contributed by atoms with Crippen molar-refractivity contribution in [2.45, 2.75) is 76.0 Å². The Morgan fingerprint density at radius 3 is 2.59 bits per heavy atom. The molecule has 180 valence electrons. The molecule has 2 aromatic rings. The Bertz CT molecular complexity index is 1010. The Kier molecular flexibility index (Phi) is 6.68. The van der Waals surface area contributed by atoms with Crippen molar-refractivity contribution in [2.75, 3.05) is 13.1 Å². The van der Waals surface area contributed by atoms with Crippen LogP contribution in [-0.4, -0.2) is 40.9 Å². The van der Waals surface area contributed by atoms with E-state index in [0.29, 0.717) is 18.9 Å². The van der Waals surface area contributed by atoms with Gasteiger partial charge in [-0.15, -0.1) is 0 Å². The summed E-state index contributed by atoms with van der Waals surface area (Å²) >= 11 is 0. The van der Waals surface area contributed by atoms with E-state index < -0.39 is 0 Å². The monoisotopic (exact) mass is 461 g/mol. The molecule has 2 heterocycles. The molecule has 2 aliphatic carbocycles. The van der Waals surface area contributed by atoms with Crippen molar-refractivity contribution in [3.63, 3.8) is 0 Å². The van der Waals surface area contributed by atoms with Crippen LogP contribution >= 0.6 is 0 Å². The van der Waals surface area contributed by atoms with E-state index in [9.17, 15) is 9.59 Å². The van der Waals surface area contributed by atoms with E-state index in [-0.39, 0.29) is 29.4 Å². The number of carbonyl (C=O) groups is 2. The van der Waals surface area contributed by atoms with E-state index in [1.807, 2.05) is 31.3 Å². The van der Waals surface area contributed by atoms with Crippen LogP contribution in [0, 0.1) is 5.92 Å². The van der Waals surface area contributed by atoms with Gasteiger partial charge in [0.15, 0.2) is 0 Å². The van der Waals surface area contributed by atoms with Crippen molar-refractivity contribution in [2.24, 2.45) is 5.92 Å². The molecule has 0 bridgehead atoms. The van der Waals surface area contributed by atoms with Crippen LogP contribution in [0.3, 0.4) is 0 Å². The Balaban J connectivity index is 1.43. The second-order valence-electron chi connectivity index (χ2n) is 10.0. The molecule has 3 aliphatic rings. The fourth-order valence-electron chi connectivity index (χ4n) is 6.32. The maximum Gasteiger partial charge on any atom is 0.225 e. The first-order valence-corrected chi connectivity index (χ1v) is 12.8. The molecule has 0 unspecified atom stereocenters. The van der Waals surface area contributed by atoms with Crippen LogP contribution in [-0.2, 0) is 26.3 Å². The molecular weight excluding hydrogens is 426 g/mol. The molecule has 2 atom stereocenters. The molecule has 6 nitrogen and oxygen atoms in total. The van der Waals surface area contributed by atoms with Gasteiger partial charge >= 0.3 is 0 Å². The van der Waals surface area contributed by atoms with E-state index in [1.54, 1.807) is 6.20 Å². The van der Waals surface area contributed by atoms with Crippen molar-refractivity contribution >= 4 is 11.8 Å². The number of ether oxygens (including phenoxy) is 1. The van der Waals surface area contributed by atoms with Gasteiger partial charge in [0.05, 0.1) is 18.8 Å². The number of amides is 2. The summed E-state index contributed by atoms with van der Waals surface area (Å²) in [6, 6.07) is 12.2. The van der Waals surface area contributed by atoms with Crippen molar-refractivity contribution in [1.82, 2.24) is 15.2 Å². The molecule has 1 spiro atoms. The van der Waals surface area contributed by atoms with E-state index in [0.717, 1.165) is 49.9 Å². The highest BCUT2D eigenvalue weighted by molar-refractivity contribution is 5.79. The molecule has 1 saturated carbocycles. The summed E-state index contributed by atoms with van der Waals surface area (Å²) in [5.74, 6) is 0.571. The lowest BCUT2D eigenvalue weighted by Gasteiger charge is -2.45. The Labute approximate surface area is 202 Å². The van der Waals surface area contributed by atoms with Gasteiger partial charge in [-0.1, -0.05) is 50.1 Å². The fraction of sp³-hybridized carbons (Fsp3) is 0.536. The number of nitrogens with zero attached hydrogens (tertiary/aromatic N) is 2. The van der Waals surface area contributed by atoms with Crippen molar-refractivity contribution < 1.29 is 14.3 Å². The maximum absolute atomic E-state index is 13.1. The van der Waals surface area contributed by atoms with Crippen molar-refractivity contribution in [3.8, 4) is 0 Å². The Hall–Kier alpha value is -2.73. The normalized spacial score (nSPS) is 23.7. The van der Waals surface area contributed by atoms with Crippen LogP contribution in [0.5, 0.6) is 0 Å². The van der Waals surface area contributed by atoms with Crippen LogP contribution in [0.25, 0.3) is 0 Å². The third-order valence-electron chi connectivity index (χ3n) is 8.14. The first-order valence-electron chi connectivity index (χ1n) is 12.8. The number of aromatic nitrogens is 1. The molecule has 6 heteroatoms. The lowest BCUT2D eigenvalue weighted by Crippen LogP contribution is -2.52. The highest BCUT2D eigenvalue weighted by Crippen LogP contribution is 2.52. The zero-order chi connectivity index (χ0) is 23.5. The number of hydrogen-bond donors (Lipinski definition) is 1. The number of benzene rings is 1. The van der Waals surface area contributed by atoms with Gasteiger partial charge in [-0.25, -0.2) is 0 Å². The summed E-state index contributed by atoms with van der Waals surface area (Å²) < 4.78 is 6.66. The van der Waals surface area contributed by atoms with Gasteiger partial charge in [0.1, 0.15) is 0 Å². The number of hydrogen-bond acceptors (Lipinski definition) is 4. The quantitative estimate of drug-likeness (QED) is 0.696. The molecule has 1 aromatic carbocycles. The number of piperidine rings is 1. The van der Waals surface area contributed by atoms with Gasteiger partial charge in [-0.3, -0.25) is 14.6 Å². The van der Waals surface area contributed by atoms with Gasteiger partial charge in [-0.2, -0.15) is 0 Å². The molecule has 1 N–H and O–H groups in total. The SMILES string of the molecule is CCC(=O)N[C@H]1c2ccccc2C2(CCN(C(=O)C3CCCC3)CC2)[C@@H]1OCc1cccnc1. The highest BCUT2D eigenvalue weighted by atomic mass is 16.5. The van der Waals surface area contributed by atoms with Crippen LogP contribution in [0.2, 0.25) is 0 Å². The molecule has 34 heavy (non-hydrogen) atoms. The molecule has 1 aromatic heterocycles. The van der Waals surface area contributed by atoms with E-state index in [2.05, 4.69) is 33.4 Å². The zero-order valence-corrected chi connectivity index (χ0v) is 20.0. The minimum absolute atomic E-state index is 0.0284. The number of pyridine rings is 1. The van der Waals surface area contributed by atoms with E-state index in [4.69, 9.17) is 4.74 Å². The first kappa shape index (κ1) is 23.0. The second kappa shape index (κ2) is 9.87. The number of carbonyl (C=O) groups excluding carboxylic acids is 2. The maximum atomic E-state index is 13.1. The largest absolute Gasteiger partial charge is 0.370 e. The topological polar surface area (TPSA) is 71.5 Å². The first-order chi connectivity index (χ1) is 16.6. The van der Waals surface area contributed by atoms with Crippen LogP contribution in [0.1, 0.15) is 74.6 Å². The number of rotatable bonds is 6. The van der Waals surface area contributed by atoms with Gasteiger partial charge in [-0.05, 0) is 48.4 Å². The molecule has 2 amide bonds. The summed E-state index contributed by atoms with van der Waals surface area (Å²) in [7, 11) is 0. The molecule has 2 fully saturated rings. The van der Waals surface area contributed by atoms with Gasteiger partial charge in [0, 0.05) is 43.2 Å². The third-order valence-corrected chi connectivity index (χ3v) is 8.14. The smallest absolute Gasteiger partial charge is 0.225 e. The average molecular weight is 462 g/mol. The van der Waals surface area contributed by atoms with Crippen LogP contribution < -0.4 is 5.32 Å². The number of likely N-dealkylation sites (tertiary alicyclic amines) is 1. The zero-order valence-electron chi connectivity index (χ0n) is 20.0. The van der Waals surface area contributed by atoms with Gasteiger partial charge in [0.25, 0.3) is 0 Å².